The first-order chi connectivity index (χ1) is 15.9. The van der Waals surface area contributed by atoms with E-state index in [1.165, 1.54) is 0 Å². The van der Waals surface area contributed by atoms with E-state index in [2.05, 4.69) is 10.6 Å². The zero-order valence-electron chi connectivity index (χ0n) is 18.3. The van der Waals surface area contributed by atoms with Crippen molar-refractivity contribution in [3.63, 3.8) is 0 Å². The third-order valence-corrected chi connectivity index (χ3v) is 5.86. The highest BCUT2D eigenvalue weighted by atomic mass is 35.5. The number of anilines is 2. The molecule has 1 saturated heterocycles. The number of hydrogen-bond acceptors (Lipinski definition) is 3. The first-order valence-electron chi connectivity index (χ1n) is 10.8. The van der Waals surface area contributed by atoms with Crippen LogP contribution < -0.4 is 10.6 Å². The van der Waals surface area contributed by atoms with Crippen LogP contribution in [-0.2, 0) is 0 Å². The van der Waals surface area contributed by atoms with E-state index < -0.39 is 0 Å². The van der Waals surface area contributed by atoms with Gasteiger partial charge in [0.25, 0.3) is 11.8 Å². The molecule has 4 rings (SSSR count). The summed E-state index contributed by atoms with van der Waals surface area (Å²) in [6.45, 7) is 3.68. The van der Waals surface area contributed by atoms with Gasteiger partial charge in [0.05, 0.1) is 11.3 Å². The number of rotatable bonds is 5. The topological polar surface area (TPSA) is 85.3 Å². The molecular weight excluding hydrogens is 436 g/mol. The molecule has 0 aliphatic carbocycles. The van der Waals surface area contributed by atoms with E-state index >= 15 is 0 Å². The Bertz CT molecular complexity index is 1180. The van der Waals surface area contributed by atoms with E-state index in [0.717, 1.165) is 37.1 Å². The summed E-state index contributed by atoms with van der Waals surface area (Å²) in [5, 5.41) is 14.6. The van der Waals surface area contributed by atoms with Crippen LogP contribution in [0.25, 0.3) is 0 Å². The Morgan fingerprint density at radius 2 is 1.48 bits per heavy atom. The molecule has 7 heteroatoms. The van der Waals surface area contributed by atoms with Crippen molar-refractivity contribution in [3.05, 3.63) is 94.0 Å². The molecule has 3 aromatic rings. The van der Waals surface area contributed by atoms with Gasteiger partial charge in [0.1, 0.15) is 5.84 Å². The van der Waals surface area contributed by atoms with Crippen molar-refractivity contribution in [1.29, 1.82) is 5.41 Å². The number of nitrogens with zero attached hydrogens (tertiary/aromatic N) is 1. The quantitative estimate of drug-likeness (QED) is 0.343. The van der Waals surface area contributed by atoms with Gasteiger partial charge in [0.2, 0.25) is 0 Å². The Morgan fingerprint density at radius 1 is 0.848 bits per heavy atom. The first-order valence-corrected chi connectivity index (χ1v) is 11.2. The molecule has 1 heterocycles. The molecule has 2 amide bonds. The SMILES string of the molecule is Cc1ccc(NC(=O)c2ccc(C(=N)N3CCCC3)cc2)c(C(=O)Nc2ccc(Cl)cc2)c1. The smallest absolute Gasteiger partial charge is 0.257 e. The van der Waals surface area contributed by atoms with Crippen LogP contribution in [0.4, 0.5) is 11.4 Å². The number of carbonyl (C=O) groups excluding carboxylic acids is 2. The molecule has 6 nitrogen and oxygen atoms in total. The first kappa shape index (κ1) is 22.6. The lowest BCUT2D eigenvalue weighted by atomic mass is 10.1. The monoisotopic (exact) mass is 460 g/mol. The number of amides is 2. The highest BCUT2D eigenvalue weighted by Gasteiger charge is 2.18. The van der Waals surface area contributed by atoms with Crippen LogP contribution in [0.3, 0.4) is 0 Å². The van der Waals surface area contributed by atoms with Crippen molar-refractivity contribution in [2.45, 2.75) is 19.8 Å². The van der Waals surface area contributed by atoms with Gasteiger partial charge in [-0.3, -0.25) is 15.0 Å². The minimum absolute atomic E-state index is 0.321. The lowest BCUT2D eigenvalue weighted by Gasteiger charge is -2.18. The second kappa shape index (κ2) is 9.88. The molecular formula is C26H25ClN4O2. The molecule has 0 aromatic heterocycles. The van der Waals surface area contributed by atoms with Gasteiger partial charge in [-0.25, -0.2) is 0 Å². The van der Waals surface area contributed by atoms with Gasteiger partial charge in [0, 0.05) is 34.9 Å². The average Bonchev–Trinajstić information content (AvgIpc) is 3.36. The Balaban J connectivity index is 1.49. The fourth-order valence-corrected chi connectivity index (χ4v) is 3.91. The number of hydrogen-bond donors (Lipinski definition) is 3. The molecule has 1 aliphatic rings. The highest BCUT2D eigenvalue weighted by Crippen LogP contribution is 2.22. The fraction of sp³-hybridized carbons (Fsp3) is 0.192. The van der Waals surface area contributed by atoms with E-state index in [0.29, 0.717) is 33.4 Å². The summed E-state index contributed by atoms with van der Waals surface area (Å²) in [6, 6.07) is 19.1. The second-order valence-corrected chi connectivity index (χ2v) is 8.52. The zero-order chi connectivity index (χ0) is 23.4. The Morgan fingerprint density at radius 3 is 2.15 bits per heavy atom. The van der Waals surface area contributed by atoms with E-state index in [1.807, 2.05) is 17.9 Å². The van der Waals surface area contributed by atoms with Crippen molar-refractivity contribution < 1.29 is 9.59 Å². The van der Waals surface area contributed by atoms with E-state index in [4.69, 9.17) is 17.0 Å². The maximum Gasteiger partial charge on any atom is 0.257 e. The van der Waals surface area contributed by atoms with Gasteiger partial charge in [0.15, 0.2) is 0 Å². The molecule has 1 fully saturated rings. The van der Waals surface area contributed by atoms with Crippen molar-refractivity contribution >= 4 is 40.6 Å². The van der Waals surface area contributed by atoms with Gasteiger partial charge in [-0.2, -0.15) is 0 Å². The Hall–Kier alpha value is -3.64. The third kappa shape index (κ3) is 5.41. The largest absolute Gasteiger partial charge is 0.357 e. The summed E-state index contributed by atoms with van der Waals surface area (Å²) in [6.07, 6.45) is 2.21. The molecule has 168 valence electrons. The zero-order valence-corrected chi connectivity index (χ0v) is 19.1. The lowest BCUT2D eigenvalue weighted by Crippen LogP contribution is -2.27. The minimum atomic E-state index is -0.328. The summed E-state index contributed by atoms with van der Waals surface area (Å²) in [4.78, 5) is 27.8. The molecule has 0 spiro atoms. The van der Waals surface area contributed by atoms with Crippen molar-refractivity contribution in [1.82, 2.24) is 4.90 Å². The Kier molecular flexibility index (Phi) is 6.75. The molecule has 0 unspecified atom stereocenters. The number of halogens is 1. The number of aryl methyl sites for hydroxylation is 1. The Labute approximate surface area is 198 Å². The van der Waals surface area contributed by atoms with E-state index in [9.17, 15) is 9.59 Å². The molecule has 0 saturated carbocycles. The van der Waals surface area contributed by atoms with Gasteiger partial charge >= 0.3 is 0 Å². The minimum Gasteiger partial charge on any atom is -0.357 e. The van der Waals surface area contributed by atoms with Crippen LogP contribution in [0, 0.1) is 12.3 Å². The normalized spacial score (nSPS) is 13.0. The summed E-state index contributed by atoms with van der Waals surface area (Å²) in [5.41, 5.74) is 3.54. The predicted octanol–water partition coefficient (Wildman–Crippen LogP) is 5.57. The number of benzene rings is 3. The number of nitrogens with one attached hydrogen (secondary N) is 3. The van der Waals surface area contributed by atoms with E-state index in [1.54, 1.807) is 60.7 Å². The third-order valence-electron chi connectivity index (χ3n) is 5.61. The predicted molar refractivity (Wildman–Crippen MR) is 133 cm³/mol. The van der Waals surface area contributed by atoms with Crippen LogP contribution in [-0.4, -0.2) is 35.6 Å². The van der Waals surface area contributed by atoms with Gasteiger partial charge in [-0.15, -0.1) is 0 Å². The van der Waals surface area contributed by atoms with Crippen molar-refractivity contribution in [2.75, 3.05) is 23.7 Å². The number of amidine groups is 1. The summed E-state index contributed by atoms with van der Waals surface area (Å²) < 4.78 is 0. The summed E-state index contributed by atoms with van der Waals surface area (Å²) in [5.74, 6) is -0.163. The maximum atomic E-state index is 12.9. The van der Waals surface area contributed by atoms with Crippen LogP contribution >= 0.6 is 11.6 Å². The van der Waals surface area contributed by atoms with E-state index in [-0.39, 0.29) is 11.8 Å². The lowest BCUT2D eigenvalue weighted by molar-refractivity contribution is 0.102. The molecule has 0 bridgehead atoms. The molecule has 3 N–H and O–H groups in total. The van der Waals surface area contributed by atoms with Crippen molar-refractivity contribution in [3.8, 4) is 0 Å². The molecule has 0 atom stereocenters. The standard InChI is InChI=1S/C26H25ClN4O2/c1-17-4-13-23(22(16-17)26(33)29-21-11-9-20(27)10-12-21)30-25(32)19-7-5-18(6-8-19)24(28)31-14-2-3-15-31/h4-13,16,28H,2-3,14-15H2,1H3,(H,29,33)(H,30,32). The average molecular weight is 461 g/mol. The summed E-state index contributed by atoms with van der Waals surface area (Å²) >= 11 is 5.91. The second-order valence-electron chi connectivity index (χ2n) is 8.08. The number of carbonyl (C=O) groups is 2. The van der Waals surface area contributed by atoms with Gasteiger partial charge < -0.3 is 15.5 Å². The summed E-state index contributed by atoms with van der Waals surface area (Å²) in [7, 11) is 0. The maximum absolute atomic E-state index is 12.9. The molecule has 0 radical (unpaired) electrons. The van der Waals surface area contributed by atoms with Gasteiger partial charge in [-0.05, 0) is 68.3 Å². The fourth-order valence-electron chi connectivity index (χ4n) is 3.78. The van der Waals surface area contributed by atoms with Crippen LogP contribution in [0.2, 0.25) is 5.02 Å². The van der Waals surface area contributed by atoms with Gasteiger partial charge in [-0.1, -0.05) is 35.4 Å². The van der Waals surface area contributed by atoms with Crippen LogP contribution in [0.5, 0.6) is 0 Å². The van der Waals surface area contributed by atoms with Crippen LogP contribution in [0.1, 0.15) is 44.7 Å². The molecule has 1 aliphatic heterocycles. The molecule has 33 heavy (non-hydrogen) atoms. The highest BCUT2D eigenvalue weighted by molar-refractivity contribution is 6.30. The van der Waals surface area contributed by atoms with Crippen molar-refractivity contribution in [2.24, 2.45) is 0 Å². The molecule has 3 aromatic carbocycles. The van der Waals surface area contributed by atoms with Crippen LogP contribution in [0.15, 0.2) is 66.7 Å². The number of likely N-dealkylation sites (tertiary alicyclic amines) is 1.